The first-order chi connectivity index (χ1) is 11.7. The number of benzene rings is 1. The molecule has 134 valence electrons. The Balaban J connectivity index is 2.10. The number of nitrogens with one attached hydrogen (secondary N) is 1. The van der Waals surface area contributed by atoms with E-state index in [1.807, 2.05) is 30.3 Å². The van der Waals surface area contributed by atoms with Crippen molar-refractivity contribution >= 4 is 12.1 Å². The molecule has 0 fully saturated rings. The van der Waals surface area contributed by atoms with Gasteiger partial charge in [-0.05, 0) is 26.3 Å². The molecular weight excluding hydrogens is 322 g/mol. The zero-order valence-corrected chi connectivity index (χ0v) is 14.6. The van der Waals surface area contributed by atoms with Gasteiger partial charge in [-0.2, -0.15) is 5.10 Å². The smallest absolute Gasteiger partial charge is 0.408 e. The summed E-state index contributed by atoms with van der Waals surface area (Å²) in [6.07, 6.45) is 2.39. The highest BCUT2D eigenvalue weighted by atomic mass is 16.6. The van der Waals surface area contributed by atoms with Gasteiger partial charge in [0.05, 0.1) is 25.2 Å². The topological polar surface area (TPSA) is 93.4 Å². The molecule has 0 spiro atoms. The van der Waals surface area contributed by atoms with Crippen LogP contribution in [0.5, 0.6) is 0 Å². The monoisotopic (exact) mass is 345 g/mol. The van der Waals surface area contributed by atoms with E-state index >= 15 is 0 Å². The summed E-state index contributed by atoms with van der Waals surface area (Å²) in [6, 6.07) is 9.07. The Morgan fingerprint density at radius 1 is 1.28 bits per heavy atom. The van der Waals surface area contributed by atoms with Crippen LogP contribution in [0, 0.1) is 0 Å². The van der Waals surface area contributed by atoms with Gasteiger partial charge in [-0.1, -0.05) is 30.3 Å². The van der Waals surface area contributed by atoms with Crippen LogP contribution in [-0.2, 0) is 16.1 Å². The predicted molar refractivity (Wildman–Crippen MR) is 92.1 cm³/mol. The Labute approximate surface area is 146 Å². The van der Waals surface area contributed by atoms with Crippen LogP contribution < -0.4 is 5.32 Å². The summed E-state index contributed by atoms with van der Waals surface area (Å²) < 4.78 is 6.91. The standard InChI is InChI=1S/C18H23N3O4/c1-18(2,3)25-17(24)20-15(9-16(22)23)14-10-19-21(12-14)11-13-7-5-4-6-8-13/h4-8,10,12,15H,9,11H2,1-3H3,(H,20,24)(H,22,23). The minimum absolute atomic E-state index is 0.254. The van der Waals surface area contributed by atoms with Crippen LogP contribution in [-0.4, -0.2) is 32.6 Å². The Morgan fingerprint density at radius 2 is 1.96 bits per heavy atom. The third-order valence-corrected chi connectivity index (χ3v) is 3.31. The molecule has 1 aromatic heterocycles. The molecular formula is C18H23N3O4. The highest BCUT2D eigenvalue weighted by Gasteiger charge is 2.23. The number of alkyl carbamates (subject to hydrolysis) is 1. The van der Waals surface area contributed by atoms with E-state index in [1.54, 1.807) is 37.8 Å². The van der Waals surface area contributed by atoms with E-state index in [9.17, 15) is 9.59 Å². The number of nitrogens with zero attached hydrogens (tertiary/aromatic N) is 2. The number of ether oxygens (including phenoxy) is 1. The van der Waals surface area contributed by atoms with Gasteiger partial charge in [0.15, 0.2) is 0 Å². The lowest BCUT2D eigenvalue weighted by Crippen LogP contribution is -2.35. The van der Waals surface area contributed by atoms with Gasteiger partial charge in [-0.15, -0.1) is 0 Å². The van der Waals surface area contributed by atoms with Crippen molar-refractivity contribution in [1.29, 1.82) is 0 Å². The second-order valence-corrected chi connectivity index (χ2v) is 6.75. The minimum atomic E-state index is -1.02. The van der Waals surface area contributed by atoms with E-state index in [0.29, 0.717) is 12.1 Å². The maximum Gasteiger partial charge on any atom is 0.408 e. The average Bonchev–Trinajstić information content (AvgIpc) is 2.93. The minimum Gasteiger partial charge on any atom is -0.481 e. The lowest BCUT2D eigenvalue weighted by atomic mass is 10.1. The van der Waals surface area contributed by atoms with E-state index < -0.39 is 23.7 Å². The maximum absolute atomic E-state index is 12.0. The summed E-state index contributed by atoms with van der Waals surface area (Å²) in [5, 5.41) is 16.0. The zero-order chi connectivity index (χ0) is 18.4. The van der Waals surface area contributed by atoms with Crippen LogP contribution in [0.4, 0.5) is 4.79 Å². The van der Waals surface area contributed by atoms with Crippen molar-refractivity contribution in [3.63, 3.8) is 0 Å². The third-order valence-electron chi connectivity index (χ3n) is 3.31. The highest BCUT2D eigenvalue weighted by molar-refractivity contribution is 5.72. The number of carboxylic acid groups (broad SMARTS) is 1. The maximum atomic E-state index is 12.0. The van der Waals surface area contributed by atoms with E-state index in [0.717, 1.165) is 5.56 Å². The molecule has 1 atom stereocenters. The summed E-state index contributed by atoms with van der Waals surface area (Å²) >= 11 is 0. The molecule has 2 N–H and O–H groups in total. The number of aromatic nitrogens is 2. The van der Waals surface area contributed by atoms with Gasteiger partial charge in [0.25, 0.3) is 0 Å². The second kappa shape index (κ2) is 7.83. The van der Waals surface area contributed by atoms with Gasteiger partial charge in [0.2, 0.25) is 0 Å². The fraction of sp³-hybridized carbons (Fsp3) is 0.389. The Kier molecular flexibility index (Phi) is 5.80. The van der Waals surface area contributed by atoms with Crippen molar-refractivity contribution in [2.45, 2.75) is 45.4 Å². The van der Waals surface area contributed by atoms with Crippen LogP contribution in [0.3, 0.4) is 0 Å². The van der Waals surface area contributed by atoms with E-state index in [2.05, 4.69) is 10.4 Å². The van der Waals surface area contributed by atoms with Crippen molar-refractivity contribution in [1.82, 2.24) is 15.1 Å². The Morgan fingerprint density at radius 3 is 2.56 bits per heavy atom. The highest BCUT2D eigenvalue weighted by Crippen LogP contribution is 2.18. The first-order valence-corrected chi connectivity index (χ1v) is 8.00. The molecule has 1 unspecified atom stereocenters. The molecule has 7 heteroatoms. The molecule has 0 saturated heterocycles. The predicted octanol–water partition coefficient (Wildman–Crippen LogP) is 2.97. The van der Waals surface area contributed by atoms with Gasteiger partial charge in [-0.25, -0.2) is 4.79 Å². The average molecular weight is 345 g/mol. The molecule has 0 saturated carbocycles. The van der Waals surface area contributed by atoms with E-state index in [4.69, 9.17) is 9.84 Å². The van der Waals surface area contributed by atoms with Gasteiger partial charge in [0, 0.05) is 11.8 Å². The number of carbonyl (C=O) groups is 2. The number of aliphatic carboxylic acids is 1. The lowest BCUT2D eigenvalue weighted by Gasteiger charge is -2.22. The van der Waals surface area contributed by atoms with E-state index in [1.165, 1.54) is 0 Å². The Hall–Kier alpha value is -2.83. The fourth-order valence-corrected chi connectivity index (χ4v) is 2.29. The number of carboxylic acids is 1. The summed E-state index contributed by atoms with van der Waals surface area (Å²) in [6.45, 7) is 5.80. The number of amides is 1. The molecule has 2 rings (SSSR count). The van der Waals surface area contributed by atoms with Crippen molar-refractivity contribution in [3.8, 4) is 0 Å². The number of hydrogen-bond acceptors (Lipinski definition) is 4. The fourth-order valence-electron chi connectivity index (χ4n) is 2.29. The van der Waals surface area contributed by atoms with Crippen LogP contribution in [0.15, 0.2) is 42.7 Å². The van der Waals surface area contributed by atoms with Gasteiger partial charge >= 0.3 is 12.1 Å². The van der Waals surface area contributed by atoms with Crippen LogP contribution in [0.1, 0.15) is 44.4 Å². The SMILES string of the molecule is CC(C)(C)OC(=O)NC(CC(=O)O)c1cnn(Cc2ccccc2)c1. The molecule has 2 aromatic rings. The molecule has 1 heterocycles. The Bertz CT molecular complexity index is 719. The van der Waals surface area contributed by atoms with Crippen LogP contribution in [0.2, 0.25) is 0 Å². The van der Waals surface area contributed by atoms with Gasteiger partial charge in [0.1, 0.15) is 5.60 Å². The first kappa shape index (κ1) is 18.5. The lowest BCUT2D eigenvalue weighted by molar-refractivity contribution is -0.137. The molecule has 0 bridgehead atoms. The van der Waals surface area contributed by atoms with Crippen molar-refractivity contribution in [3.05, 3.63) is 53.9 Å². The van der Waals surface area contributed by atoms with Crippen LogP contribution in [0.25, 0.3) is 0 Å². The molecule has 0 radical (unpaired) electrons. The molecule has 0 aliphatic heterocycles. The second-order valence-electron chi connectivity index (χ2n) is 6.75. The molecule has 1 aromatic carbocycles. The quantitative estimate of drug-likeness (QED) is 0.839. The number of rotatable bonds is 6. The van der Waals surface area contributed by atoms with Crippen molar-refractivity contribution in [2.75, 3.05) is 0 Å². The number of carbonyl (C=O) groups excluding carboxylic acids is 1. The number of hydrogen-bond donors (Lipinski definition) is 2. The summed E-state index contributed by atoms with van der Waals surface area (Å²) in [7, 11) is 0. The largest absolute Gasteiger partial charge is 0.481 e. The molecule has 1 amide bonds. The van der Waals surface area contributed by atoms with Crippen LogP contribution >= 0.6 is 0 Å². The molecule has 7 nitrogen and oxygen atoms in total. The molecule has 0 aliphatic rings. The first-order valence-electron chi connectivity index (χ1n) is 8.00. The normalized spacial score (nSPS) is 12.4. The third kappa shape index (κ3) is 6.29. The molecule has 25 heavy (non-hydrogen) atoms. The zero-order valence-electron chi connectivity index (χ0n) is 14.6. The molecule has 0 aliphatic carbocycles. The van der Waals surface area contributed by atoms with E-state index in [-0.39, 0.29) is 6.42 Å². The van der Waals surface area contributed by atoms with Gasteiger partial charge in [-0.3, -0.25) is 9.48 Å². The van der Waals surface area contributed by atoms with Crippen molar-refractivity contribution < 1.29 is 19.4 Å². The van der Waals surface area contributed by atoms with Crippen molar-refractivity contribution in [2.24, 2.45) is 0 Å². The summed E-state index contributed by atoms with van der Waals surface area (Å²) in [5.74, 6) is -1.02. The van der Waals surface area contributed by atoms with Gasteiger partial charge < -0.3 is 15.2 Å². The summed E-state index contributed by atoms with van der Waals surface area (Å²) in [5.41, 5.74) is 1.03. The summed E-state index contributed by atoms with van der Waals surface area (Å²) in [4.78, 5) is 23.1.